The van der Waals surface area contributed by atoms with E-state index >= 15 is 0 Å². The van der Waals surface area contributed by atoms with E-state index in [9.17, 15) is 5.11 Å². The van der Waals surface area contributed by atoms with Gasteiger partial charge in [0.15, 0.2) is 0 Å². The van der Waals surface area contributed by atoms with E-state index in [1.165, 1.54) is 15.9 Å². The Morgan fingerprint density at radius 3 is 1.07 bits per heavy atom. The maximum absolute atomic E-state index is 10.0. The van der Waals surface area contributed by atoms with Crippen molar-refractivity contribution in [3.63, 3.8) is 0 Å². The topological polar surface area (TPSA) is 47.9 Å². The van der Waals surface area contributed by atoms with Crippen molar-refractivity contribution in [1.82, 2.24) is 0 Å². The van der Waals surface area contributed by atoms with Crippen LogP contribution in [-0.4, -0.2) is 39.2 Å². The molecular formula is C23H26BrO4P. The molecule has 0 aliphatic heterocycles. The first-order valence-electron chi connectivity index (χ1n) is 9.10. The molecule has 3 aromatic rings. The predicted molar refractivity (Wildman–Crippen MR) is 117 cm³/mol. The summed E-state index contributed by atoms with van der Waals surface area (Å²) in [6, 6.07) is 24.5. The van der Waals surface area contributed by atoms with Crippen molar-refractivity contribution in [2.45, 2.75) is 0 Å². The van der Waals surface area contributed by atoms with Crippen LogP contribution in [0.2, 0.25) is 0 Å². The van der Waals surface area contributed by atoms with Gasteiger partial charge in [-0.2, -0.15) is 0 Å². The number of halogens is 1. The molecule has 0 amide bonds. The Bertz CT molecular complexity index is 765. The Balaban J connectivity index is 0.00000300. The average Bonchev–Trinajstić information content (AvgIpc) is 2.78. The lowest BCUT2D eigenvalue weighted by molar-refractivity contribution is -0.00000762. The zero-order valence-electron chi connectivity index (χ0n) is 16.8. The molecule has 0 fully saturated rings. The number of methoxy groups -OCH3 is 3. The summed E-state index contributed by atoms with van der Waals surface area (Å²) >= 11 is 0. The highest BCUT2D eigenvalue weighted by atomic mass is 79.9. The number of rotatable bonds is 8. The lowest BCUT2D eigenvalue weighted by Gasteiger charge is -2.27. The molecule has 0 saturated carbocycles. The molecule has 3 aromatic carbocycles. The Labute approximate surface area is 183 Å². The van der Waals surface area contributed by atoms with Gasteiger partial charge >= 0.3 is 0 Å². The summed E-state index contributed by atoms with van der Waals surface area (Å²) in [5.74, 6) is 2.45. The summed E-state index contributed by atoms with van der Waals surface area (Å²) in [5, 5.41) is 13.6. The van der Waals surface area contributed by atoms with Crippen molar-refractivity contribution in [1.29, 1.82) is 0 Å². The molecule has 0 heterocycles. The minimum absolute atomic E-state index is 0. The van der Waals surface area contributed by atoms with Gasteiger partial charge in [0, 0.05) is 0 Å². The molecule has 4 nitrogen and oxygen atoms in total. The zero-order chi connectivity index (χ0) is 20.0. The maximum Gasteiger partial charge on any atom is 0.119 e. The van der Waals surface area contributed by atoms with E-state index in [0.717, 1.165) is 17.2 Å². The van der Waals surface area contributed by atoms with Crippen LogP contribution in [0.15, 0.2) is 72.8 Å². The molecule has 154 valence electrons. The molecule has 0 bridgehead atoms. The number of hydrogen-bond acceptors (Lipinski definition) is 4. The van der Waals surface area contributed by atoms with Gasteiger partial charge in [-0.1, -0.05) is 0 Å². The second kappa shape index (κ2) is 10.6. The Kier molecular flexibility index (Phi) is 8.51. The summed E-state index contributed by atoms with van der Waals surface area (Å²) in [4.78, 5) is 0. The largest absolute Gasteiger partial charge is 1.00 e. The minimum Gasteiger partial charge on any atom is -1.00 e. The molecular weight excluding hydrogens is 451 g/mol. The van der Waals surface area contributed by atoms with Gasteiger partial charge in [-0.3, -0.25) is 0 Å². The Morgan fingerprint density at radius 2 is 0.862 bits per heavy atom. The molecule has 0 unspecified atom stereocenters. The van der Waals surface area contributed by atoms with Crippen LogP contribution in [-0.2, 0) is 0 Å². The molecule has 0 spiro atoms. The normalized spacial score (nSPS) is 10.8. The third-order valence-electron chi connectivity index (χ3n) is 4.97. The number of benzene rings is 3. The van der Waals surface area contributed by atoms with E-state index in [-0.39, 0.29) is 23.6 Å². The highest BCUT2D eigenvalue weighted by Crippen LogP contribution is 2.55. The van der Waals surface area contributed by atoms with Crippen molar-refractivity contribution < 1.29 is 36.3 Å². The number of aliphatic hydroxyl groups is 1. The van der Waals surface area contributed by atoms with E-state index < -0.39 is 7.26 Å². The van der Waals surface area contributed by atoms with Crippen molar-refractivity contribution in [3.8, 4) is 17.2 Å². The van der Waals surface area contributed by atoms with Crippen LogP contribution >= 0.6 is 7.26 Å². The van der Waals surface area contributed by atoms with E-state index in [2.05, 4.69) is 36.4 Å². The Hall–Kier alpha value is -2.07. The van der Waals surface area contributed by atoms with Gasteiger partial charge in [-0.15, -0.1) is 0 Å². The first-order valence-corrected chi connectivity index (χ1v) is 11.1. The second-order valence-electron chi connectivity index (χ2n) is 6.35. The van der Waals surface area contributed by atoms with Gasteiger partial charge in [0.1, 0.15) is 40.4 Å². The zero-order valence-corrected chi connectivity index (χ0v) is 19.3. The van der Waals surface area contributed by atoms with Crippen LogP contribution in [0.25, 0.3) is 0 Å². The molecule has 0 radical (unpaired) electrons. The van der Waals surface area contributed by atoms with Crippen molar-refractivity contribution in [2.24, 2.45) is 0 Å². The van der Waals surface area contributed by atoms with Crippen LogP contribution in [0.1, 0.15) is 0 Å². The molecule has 29 heavy (non-hydrogen) atoms. The monoisotopic (exact) mass is 476 g/mol. The highest BCUT2D eigenvalue weighted by molar-refractivity contribution is 7.95. The fraction of sp³-hybridized carbons (Fsp3) is 0.217. The smallest absolute Gasteiger partial charge is 0.119 e. The number of hydrogen-bond donors (Lipinski definition) is 1. The third-order valence-corrected chi connectivity index (χ3v) is 9.38. The summed E-state index contributed by atoms with van der Waals surface area (Å²) in [6.45, 7) is 0.0951. The van der Waals surface area contributed by atoms with Gasteiger partial charge < -0.3 is 36.3 Å². The molecule has 1 N–H and O–H groups in total. The fourth-order valence-electron chi connectivity index (χ4n) is 3.49. The van der Waals surface area contributed by atoms with Gasteiger partial charge in [-0.25, -0.2) is 0 Å². The quantitative estimate of drug-likeness (QED) is 0.465. The lowest BCUT2D eigenvalue weighted by atomic mass is 10.3. The van der Waals surface area contributed by atoms with E-state index in [1.807, 2.05) is 36.4 Å². The molecule has 0 aliphatic rings. The predicted octanol–water partition coefficient (Wildman–Crippen LogP) is 0.00260. The summed E-state index contributed by atoms with van der Waals surface area (Å²) < 4.78 is 16.0. The van der Waals surface area contributed by atoms with Gasteiger partial charge in [0.05, 0.1) is 34.1 Å². The molecule has 0 aromatic heterocycles. The summed E-state index contributed by atoms with van der Waals surface area (Å²) in [5.41, 5.74) is 0. The highest BCUT2D eigenvalue weighted by Gasteiger charge is 2.45. The fourth-order valence-corrected chi connectivity index (χ4v) is 7.44. The number of ether oxygens (including phenoxy) is 3. The second-order valence-corrected chi connectivity index (χ2v) is 9.97. The molecule has 0 saturated heterocycles. The summed E-state index contributed by atoms with van der Waals surface area (Å²) in [6.07, 6.45) is 0.651. The van der Waals surface area contributed by atoms with Crippen LogP contribution in [0.3, 0.4) is 0 Å². The molecule has 0 aliphatic carbocycles. The minimum atomic E-state index is -2.06. The van der Waals surface area contributed by atoms with Crippen molar-refractivity contribution in [3.05, 3.63) is 72.8 Å². The van der Waals surface area contributed by atoms with Crippen LogP contribution in [0, 0.1) is 0 Å². The van der Waals surface area contributed by atoms with Crippen LogP contribution in [0.5, 0.6) is 17.2 Å². The summed E-state index contributed by atoms with van der Waals surface area (Å²) in [7, 11) is 2.93. The van der Waals surface area contributed by atoms with Crippen molar-refractivity contribution >= 4 is 23.2 Å². The van der Waals surface area contributed by atoms with E-state index in [1.54, 1.807) is 21.3 Å². The van der Waals surface area contributed by atoms with Crippen LogP contribution in [0.4, 0.5) is 0 Å². The maximum atomic E-state index is 10.0. The van der Waals surface area contributed by atoms with Gasteiger partial charge in [-0.05, 0) is 72.8 Å². The van der Waals surface area contributed by atoms with Gasteiger partial charge in [0.25, 0.3) is 0 Å². The van der Waals surface area contributed by atoms with Crippen molar-refractivity contribution in [2.75, 3.05) is 34.1 Å². The lowest BCUT2D eigenvalue weighted by Crippen LogP contribution is -3.00. The molecule has 6 heteroatoms. The van der Waals surface area contributed by atoms with E-state index in [4.69, 9.17) is 14.2 Å². The van der Waals surface area contributed by atoms with Gasteiger partial charge in [0.2, 0.25) is 0 Å². The Morgan fingerprint density at radius 1 is 0.586 bits per heavy atom. The SMILES string of the molecule is COc1ccc([P+](CCO)(c2ccc(OC)cc2)c2ccc(OC)cc2)cc1.[Br-]. The first-order chi connectivity index (χ1) is 13.7. The van der Waals surface area contributed by atoms with E-state index in [0.29, 0.717) is 6.16 Å². The molecule has 0 atom stereocenters. The standard InChI is InChI=1S/C23H26O4P.BrH/c1-25-18-4-10-21(11-5-18)28(17-16-24,22-12-6-19(26-2)7-13-22)23-14-8-20(27-3)9-15-23;/h4-15,24H,16-17H2,1-3H3;1H/q+1;/p-1. The average molecular weight is 477 g/mol. The van der Waals surface area contributed by atoms with Crippen LogP contribution < -0.4 is 47.1 Å². The first kappa shape index (κ1) is 23.2. The third kappa shape index (κ3) is 4.75. The number of aliphatic hydroxyl groups excluding tert-OH is 1. The molecule has 3 rings (SSSR count).